The minimum absolute atomic E-state index is 0.195. The quantitative estimate of drug-likeness (QED) is 0.455. The molecule has 0 spiro atoms. The summed E-state index contributed by atoms with van der Waals surface area (Å²) >= 11 is 0. The van der Waals surface area contributed by atoms with Crippen molar-refractivity contribution in [3.8, 4) is 5.75 Å². The van der Waals surface area contributed by atoms with E-state index in [-0.39, 0.29) is 6.61 Å². The van der Waals surface area contributed by atoms with E-state index in [4.69, 9.17) is 4.74 Å². The Morgan fingerprint density at radius 1 is 1.33 bits per heavy atom. The maximum absolute atomic E-state index is 11.3. The van der Waals surface area contributed by atoms with Crippen LogP contribution in [0.5, 0.6) is 5.75 Å². The molecule has 4 heteroatoms. The lowest BCUT2D eigenvalue weighted by atomic mass is 10.1. The van der Waals surface area contributed by atoms with Crippen LogP contribution in [0.25, 0.3) is 6.08 Å². The minimum atomic E-state index is -0.834. The molecule has 1 aromatic rings. The van der Waals surface area contributed by atoms with E-state index in [1.54, 1.807) is 26.2 Å². The molecule has 0 aliphatic carbocycles. The highest BCUT2D eigenvalue weighted by atomic mass is 16.5. The number of aryl methyl sites for hydroxylation is 1. The van der Waals surface area contributed by atoms with Gasteiger partial charge in [0.1, 0.15) is 5.75 Å². The molecule has 0 bridgehead atoms. The second kappa shape index (κ2) is 6.59. The van der Waals surface area contributed by atoms with Gasteiger partial charge in [-0.2, -0.15) is 0 Å². The van der Waals surface area contributed by atoms with Crippen molar-refractivity contribution in [1.29, 1.82) is 0 Å². The van der Waals surface area contributed by atoms with Crippen molar-refractivity contribution in [2.75, 3.05) is 13.7 Å². The van der Waals surface area contributed by atoms with E-state index in [0.29, 0.717) is 0 Å². The second-order valence-corrected chi connectivity index (χ2v) is 3.65. The van der Waals surface area contributed by atoms with Gasteiger partial charge in [-0.1, -0.05) is 12.1 Å². The normalized spacial score (nSPS) is 10.4. The Kier molecular flexibility index (Phi) is 5.11. The van der Waals surface area contributed by atoms with Crippen molar-refractivity contribution >= 4 is 17.8 Å². The summed E-state index contributed by atoms with van der Waals surface area (Å²) in [7, 11) is 1.60. The molecule has 1 aromatic carbocycles. The van der Waals surface area contributed by atoms with Crippen LogP contribution in [0.15, 0.2) is 24.3 Å². The molecule has 0 atom stereocenters. The number of ether oxygens (including phenoxy) is 2. The largest absolute Gasteiger partial charge is 0.496 e. The van der Waals surface area contributed by atoms with Crippen LogP contribution < -0.4 is 4.74 Å². The Morgan fingerprint density at radius 3 is 2.61 bits per heavy atom. The predicted molar refractivity (Wildman–Crippen MR) is 68.4 cm³/mol. The van der Waals surface area contributed by atoms with Crippen molar-refractivity contribution in [3.05, 3.63) is 35.4 Å². The molecule has 0 fully saturated rings. The van der Waals surface area contributed by atoms with Crippen LogP contribution in [0.3, 0.4) is 0 Å². The Balaban J connectivity index is 2.76. The SMILES string of the molecule is CCOC(=O)C(=O)/C=C/c1ccc(OC)c(C)c1. The van der Waals surface area contributed by atoms with E-state index >= 15 is 0 Å². The van der Waals surface area contributed by atoms with Gasteiger partial charge in [0.15, 0.2) is 0 Å². The van der Waals surface area contributed by atoms with Gasteiger partial charge in [-0.25, -0.2) is 4.79 Å². The van der Waals surface area contributed by atoms with E-state index in [1.165, 1.54) is 6.08 Å². The molecule has 0 saturated carbocycles. The molecule has 0 heterocycles. The third kappa shape index (κ3) is 3.73. The number of hydrogen-bond donors (Lipinski definition) is 0. The zero-order chi connectivity index (χ0) is 13.5. The van der Waals surface area contributed by atoms with Gasteiger partial charge in [-0.3, -0.25) is 4.79 Å². The van der Waals surface area contributed by atoms with Gasteiger partial charge >= 0.3 is 5.97 Å². The second-order valence-electron chi connectivity index (χ2n) is 3.65. The van der Waals surface area contributed by atoms with Crippen LogP contribution in [-0.2, 0) is 14.3 Å². The summed E-state index contributed by atoms with van der Waals surface area (Å²) < 4.78 is 9.72. The summed E-state index contributed by atoms with van der Waals surface area (Å²) in [5.74, 6) is -0.715. The molecule has 4 nitrogen and oxygen atoms in total. The van der Waals surface area contributed by atoms with Gasteiger partial charge in [0.25, 0.3) is 5.78 Å². The lowest BCUT2D eigenvalue weighted by molar-refractivity contribution is -0.151. The number of ketones is 1. The third-order valence-corrected chi connectivity index (χ3v) is 2.32. The number of carbonyl (C=O) groups excluding carboxylic acids is 2. The molecule has 0 unspecified atom stereocenters. The van der Waals surface area contributed by atoms with Crippen LogP contribution in [0.1, 0.15) is 18.1 Å². The lowest BCUT2D eigenvalue weighted by Gasteiger charge is -2.04. The summed E-state index contributed by atoms with van der Waals surface area (Å²) in [6.07, 6.45) is 2.78. The first-order valence-electron chi connectivity index (χ1n) is 5.62. The molecule has 0 aliphatic rings. The zero-order valence-electron chi connectivity index (χ0n) is 10.7. The topological polar surface area (TPSA) is 52.6 Å². The first kappa shape index (κ1) is 14.0. The van der Waals surface area contributed by atoms with Crippen LogP contribution in [0, 0.1) is 6.92 Å². The molecule has 1 rings (SSSR count). The van der Waals surface area contributed by atoms with E-state index in [9.17, 15) is 9.59 Å². The van der Waals surface area contributed by atoms with Gasteiger partial charge < -0.3 is 9.47 Å². The fourth-order valence-corrected chi connectivity index (χ4v) is 1.45. The van der Waals surface area contributed by atoms with Crippen LogP contribution in [-0.4, -0.2) is 25.5 Å². The minimum Gasteiger partial charge on any atom is -0.496 e. The summed E-state index contributed by atoms with van der Waals surface area (Å²) in [4.78, 5) is 22.4. The Bertz CT molecular complexity index is 475. The standard InChI is InChI=1S/C14H16O4/c1-4-18-14(16)12(15)7-5-11-6-8-13(17-3)10(2)9-11/h5-9H,4H2,1-3H3/b7-5+. The smallest absolute Gasteiger partial charge is 0.379 e. The number of benzene rings is 1. The molecule has 96 valence electrons. The summed E-state index contributed by atoms with van der Waals surface area (Å²) in [5, 5.41) is 0. The van der Waals surface area contributed by atoms with E-state index in [0.717, 1.165) is 16.9 Å². The van der Waals surface area contributed by atoms with Crippen LogP contribution >= 0.6 is 0 Å². The highest BCUT2D eigenvalue weighted by molar-refractivity contribution is 6.39. The van der Waals surface area contributed by atoms with Gasteiger partial charge in [0.05, 0.1) is 13.7 Å². The Labute approximate surface area is 106 Å². The maximum Gasteiger partial charge on any atom is 0.379 e. The molecular formula is C14H16O4. The average molecular weight is 248 g/mol. The Morgan fingerprint density at radius 2 is 2.06 bits per heavy atom. The summed E-state index contributed by atoms with van der Waals surface area (Å²) in [5.41, 5.74) is 1.79. The molecule has 0 N–H and O–H groups in total. The van der Waals surface area contributed by atoms with E-state index in [2.05, 4.69) is 4.74 Å². The number of methoxy groups -OCH3 is 1. The monoisotopic (exact) mass is 248 g/mol. The number of carbonyl (C=O) groups is 2. The fourth-order valence-electron chi connectivity index (χ4n) is 1.45. The van der Waals surface area contributed by atoms with Gasteiger partial charge in [0, 0.05) is 0 Å². The van der Waals surface area contributed by atoms with Crippen molar-refractivity contribution in [1.82, 2.24) is 0 Å². The van der Waals surface area contributed by atoms with Gasteiger partial charge in [-0.15, -0.1) is 0 Å². The fraction of sp³-hybridized carbons (Fsp3) is 0.286. The number of esters is 1. The van der Waals surface area contributed by atoms with Crippen LogP contribution in [0.2, 0.25) is 0 Å². The molecule has 0 aromatic heterocycles. The summed E-state index contributed by atoms with van der Waals surface area (Å²) in [6, 6.07) is 5.48. The molecule has 0 amide bonds. The molecule has 0 saturated heterocycles. The molecular weight excluding hydrogens is 232 g/mol. The zero-order valence-corrected chi connectivity index (χ0v) is 10.7. The number of rotatable bonds is 5. The predicted octanol–water partition coefficient (Wildman–Crippen LogP) is 2.15. The molecule has 18 heavy (non-hydrogen) atoms. The van der Waals surface area contributed by atoms with Gasteiger partial charge in [-0.05, 0) is 43.2 Å². The van der Waals surface area contributed by atoms with E-state index in [1.807, 2.05) is 19.1 Å². The van der Waals surface area contributed by atoms with E-state index < -0.39 is 11.8 Å². The lowest BCUT2D eigenvalue weighted by Crippen LogP contribution is -2.14. The molecule has 0 aliphatic heterocycles. The van der Waals surface area contributed by atoms with Crippen molar-refractivity contribution < 1.29 is 19.1 Å². The summed E-state index contributed by atoms with van der Waals surface area (Å²) in [6.45, 7) is 3.76. The average Bonchev–Trinajstić information content (AvgIpc) is 2.36. The first-order chi connectivity index (χ1) is 8.58. The maximum atomic E-state index is 11.3. The van der Waals surface area contributed by atoms with Crippen molar-refractivity contribution in [2.45, 2.75) is 13.8 Å². The highest BCUT2D eigenvalue weighted by Crippen LogP contribution is 2.19. The first-order valence-corrected chi connectivity index (χ1v) is 5.62. The third-order valence-electron chi connectivity index (χ3n) is 2.32. The van der Waals surface area contributed by atoms with Gasteiger partial charge in [0.2, 0.25) is 0 Å². The number of hydrogen-bond acceptors (Lipinski definition) is 4. The molecule has 0 radical (unpaired) electrons. The van der Waals surface area contributed by atoms with Crippen LogP contribution in [0.4, 0.5) is 0 Å². The highest BCUT2D eigenvalue weighted by Gasteiger charge is 2.10. The Hall–Kier alpha value is -2.10. The van der Waals surface area contributed by atoms with Crippen molar-refractivity contribution in [2.24, 2.45) is 0 Å². The van der Waals surface area contributed by atoms with Crippen molar-refractivity contribution in [3.63, 3.8) is 0 Å².